The number of amides is 2. The van der Waals surface area contributed by atoms with E-state index in [1.807, 2.05) is 4.90 Å². The molecular weight excluding hydrogens is 349 g/mol. The fourth-order valence-electron chi connectivity index (χ4n) is 3.04. The van der Waals surface area contributed by atoms with Crippen molar-refractivity contribution in [3.05, 3.63) is 24.3 Å². The van der Waals surface area contributed by atoms with Crippen LogP contribution in [0.5, 0.6) is 5.75 Å². The van der Waals surface area contributed by atoms with Crippen LogP contribution in [0.3, 0.4) is 0 Å². The van der Waals surface area contributed by atoms with Crippen molar-refractivity contribution in [2.24, 2.45) is 11.8 Å². The molecule has 2 aliphatic rings. The highest BCUT2D eigenvalue weighted by atomic mass is 19.4. The number of ether oxygens (including phenoxy) is 1. The molecule has 1 N–H and O–H groups in total. The van der Waals surface area contributed by atoms with Crippen LogP contribution < -0.4 is 10.1 Å². The molecular formula is C18H21F3N2O3. The molecule has 0 aromatic heterocycles. The lowest BCUT2D eigenvalue weighted by atomic mass is 9.95. The van der Waals surface area contributed by atoms with Gasteiger partial charge in [0, 0.05) is 24.9 Å². The predicted octanol–water partition coefficient (Wildman–Crippen LogP) is 3.21. The molecule has 0 radical (unpaired) electrons. The van der Waals surface area contributed by atoms with E-state index < -0.39 is 12.8 Å². The zero-order valence-electron chi connectivity index (χ0n) is 14.2. The third-order valence-corrected chi connectivity index (χ3v) is 4.64. The number of piperidine rings is 1. The number of hydrogen-bond acceptors (Lipinski definition) is 3. The van der Waals surface area contributed by atoms with E-state index in [0.29, 0.717) is 25.9 Å². The van der Waals surface area contributed by atoms with Crippen molar-refractivity contribution in [2.75, 3.05) is 25.0 Å². The largest absolute Gasteiger partial charge is 0.482 e. The van der Waals surface area contributed by atoms with Gasteiger partial charge in [0.1, 0.15) is 5.75 Å². The molecule has 0 atom stereocenters. The summed E-state index contributed by atoms with van der Waals surface area (Å²) in [7, 11) is 0. The van der Waals surface area contributed by atoms with E-state index in [4.69, 9.17) is 4.74 Å². The summed E-state index contributed by atoms with van der Waals surface area (Å²) in [6, 6.07) is 6.06. The predicted molar refractivity (Wildman–Crippen MR) is 88.6 cm³/mol. The molecule has 2 fully saturated rings. The highest BCUT2D eigenvalue weighted by Crippen LogP contribution is 2.33. The van der Waals surface area contributed by atoms with Crippen LogP contribution in [0.25, 0.3) is 0 Å². The molecule has 0 bridgehead atoms. The van der Waals surface area contributed by atoms with Gasteiger partial charge >= 0.3 is 6.18 Å². The molecule has 2 amide bonds. The zero-order valence-corrected chi connectivity index (χ0v) is 14.2. The fourth-order valence-corrected chi connectivity index (χ4v) is 3.04. The van der Waals surface area contributed by atoms with Crippen molar-refractivity contribution in [1.82, 2.24) is 4.90 Å². The number of carbonyl (C=O) groups is 2. The molecule has 1 aliphatic heterocycles. The first-order valence-corrected chi connectivity index (χ1v) is 8.72. The van der Waals surface area contributed by atoms with Gasteiger partial charge in [0.05, 0.1) is 5.69 Å². The van der Waals surface area contributed by atoms with Crippen molar-refractivity contribution in [2.45, 2.75) is 31.9 Å². The summed E-state index contributed by atoms with van der Waals surface area (Å²) in [5, 5.41) is 2.66. The number of benzene rings is 1. The molecule has 8 heteroatoms. The molecule has 1 aromatic rings. The third-order valence-electron chi connectivity index (χ3n) is 4.64. The van der Waals surface area contributed by atoms with Crippen LogP contribution in [-0.2, 0) is 9.59 Å². The molecule has 1 saturated heterocycles. The Morgan fingerprint density at radius 1 is 1.08 bits per heavy atom. The second kappa shape index (κ2) is 7.55. The van der Waals surface area contributed by atoms with Crippen LogP contribution in [0, 0.1) is 11.8 Å². The molecule has 5 nitrogen and oxygen atoms in total. The Bertz CT molecular complexity index is 666. The number of likely N-dealkylation sites (tertiary alicyclic amines) is 1. The molecule has 0 spiro atoms. The topological polar surface area (TPSA) is 58.6 Å². The van der Waals surface area contributed by atoms with Gasteiger partial charge in [0.2, 0.25) is 11.8 Å². The van der Waals surface area contributed by atoms with Crippen LogP contribution in [0.4, 0.5) is 18.9 Å². The third kappa shape index (κ3) is 4.89. The standard InChI is InChI=1S/C18H21F3N2O3/c19-18(20,21)11-26-15-4-2-1-3-14(15)22-16(24)12-7-9-23(10-8-12)17(25)13-5-6-13/h1-4,12-13H,5-11H2,(H,22,24). The van der Waals surface area contributed by atoms with E-state index in [2.05, 4.69) is 5.32 Å². The van der Waals surface area contributed by atoms with Crippen LogP contribution in [0.1, 0.15) is 25.7 Å². The molecule has 3 rings (SSSR count). The number of hydrogen-bond donors (Lipinski definition) is 1. The Hall–Kier alpha value is -2.25. The summed E-state index contributed by atoms with van der Waals surface area (Å²) in [4.78, 5) is 26.3. The maximum atomic E-state index is 12.5. The Morgan fingerprint density at radius 3 is 2.35 bits per heavy atom. The summed E-state index contributed by atoms with van der Waals surface area (Å²) in [6.45, 7) is -0.333. The Labute approximate surface area is 149 Å². The van der Waals surface area contributed by atoms with Gasteiger partial charge < -0.3 is 15.0 Å². The summed E-state index contributed by atoms with van der Waals surface area (Å²) in [5.41, 5.74) is 0.221. The minimum atomic E-state index is -4.45. The highest BCUT2D eigenvalue weighted by molar-refractivity contribution is 5.94. The van der Waals surface area contributed by atoms with Gasteiger partial charge in [-0.15, -0.1) is 0 Å². The Morgan fingerprint density at radius 2 is 1.73 bits per heavy atom. The van der Waals surface area contributed by atoms with E-state index in [0.717, 1.165) is 12.8 Å². The van der Waals surface area contributed by atoms with Gasteiger partial charge in [-0.1, -0.05) is 12.1 Å². The second-order valence-electron chi connectivity index (χ2n) is 6.76. The Kier molecular flexibility index (Phi) is 5.38. The molecule has 1 saturated carbocycles. The fraction of sp³-hybridized carbons (Fsp3) is 0.556. The van der Waals surface area contributed by atoms with Crippen molar-refractivity contribution >= 4 is 17.5 Å². The van der Waals surface area contributed by atoms with Crippen LogP contribution >= 0.6 is 0 Å². The molecule has 26 heavy (non-hydrogen) atoms. The number of nitrogens with one attached hydrogen (secondary N) is 1. The number of nitrogens with zero attached hydrogens (tertiary/aromatic N) is 1. The highest BCUT2D eigenvalue weighted by Gasteiger charge is 2.36. The average molecular weight is 370 g/mol. The van der Waals surface area contributed by atoms with E-state index in [9.17, 15) is 22.8 Å². The van der Waals surface area contributed by atoms with Gasteiger partial charge in [0.15, 0.2) is 6.61 Å². The summed E-state index contributed by atoms with van der Waals surface area (Å²) in [5.74, 6) is -0.201. The van der Waals surface area contributed by atoms with Gasteiger partial charge in [0.25, 0.3) is 0 Å². The maximum Gasteiger partial charge on any atom is 0.422 e. The van der Waals surface area contributed by atoms with E-state index >= 15 is 0 Å². The van der Waals surface area contributed by atoms with E-state index in [1.54, 1.807) is 12.1 Å². The van der Waals surface area contributed by atoms with Gasteiger partial charge in [-0.3, -0.25) is 9.59 Å². The normalized spacial score (nSPS) is 18.5. The minimum Gasteiger partial charge on any atom is -0.482 e. The first-order chi connectivity index (χ1) is 12.3. The average Bonchev–Trinajstić information content (AvgIpc) is 3.45. The molecule has 1 aliphatic carbocycles. The lowest BCUT2D eigenvalue weighted by Gasteiger charge is -2.31. The number of halogens is 3. The first kappa shape index (κ1) is 18.5. The molecule has 1 aromatic carbocycles. The van der Waals surface area contributed by atoms with Gasteiger partial charge in [-0.2, -0.15) is 13.2 Å². The number of carbonyl (C=O) groups excluding carboxylic acids is 2. The number of para-hydroxylation sites is 2. The second-order valence-corrected chi connectivity index (χ2v) is 6.76. The minimum absolute atomic E-state index is 0.0143. The molecule has 142 valence electrons. The lowest BCUT2D eigenvalue weighted by Crippen LogP contribution is -2.42. The number of alkyl halides is 3. The van der Waals surface area contributed by atoms with Crippen LogP contribution in [-0.4, -0.2) is 42.6 Å². The Balaban J connectivity index is 1.54. The summed E-state index contributed by atoms with van der Waals surface area (Å²) >= 11 is 0. The quantitative estimate of drug-likeness (QED) is 0.866. The summed E-state index contributed by atoms with van der Waals surface area (Å²) in [6.07, 6.45) is -1.44. The van der Waals surface area contributed by atoms with Gasteiger partial charge in [-0.05, 0) is 37.8 Å². The van der Waals surface area contributed by atoms with Crippen LogP contribution in [0.15, 0.2) is 24.3 Å². The molecule has 1 heterocycles. The molecule has 0 unspecified atom stereocenters. The number of anilines is 1. The zero-order chi connectivity index (χ0) is 18.7. The van der Waals surface area contributed by atoms with Crippen molar-refractivity contribution in [1.29, 1.82) is 0 Å². The maximum absolute atomic E-state index is 12.5. The SMILES string of the molecule is O=C(Nc1ccccc1OCC(F)(F)F)C1CCN(C(=O)C2CC2)CC1. The van der Waals surface area contributed by atoms with Crippen LogP contribution in [0.2, 0.25) is 0 Å². The van der Waals surface area contributed by atoms with Crippen molar-refractivity contribution in [3.63, 3.8) is 0 Å². The van der Waals surface area contributed by atoms with Gasteiger partial charge in [-0.25, -0.2) is 0 Å². The van der Waals surface area contributed by atoms with E-state index in [-0.39, 0.29) is 35.1 Å². The van der Waals surface area contributed by atoms with Crippen molar-refractivity contribution in [3.8, 4) is 5.75 Å². The van der Waals surface area contributed by atoms with E-state index in [1.165, 1.54) is 12.1 Å². The summed E-state index contributed by atoms with van der Waals surface area (Å²) < 4.78 is 41.8. The number of rotatable bonds is 5. The smallest absolute Gasteiger partial charge is 0.422 e. The van der Waals surface area contributed by atoms with Crippen molar-refractivity contribution < 1.29 is 27.5 Å². The lowest BCUT2D eigenvalue weighted by molar-refractivity contribution is -0.153. The first-order valence-electron chi connectivity index (χ1n) is 8.72. The monoisotopic (exact) mass is 370 g/mol.